The molecule has 0 aliphatic rings. The van der Waals surface area contributed by atoms with E-state index in [9.17, 15) is 5.11 Å². The maximum atomic E-state index is 9.40. The second kappa shape index (κ2) is 8.80. The molecule has 0 unspecified atom stereocenters. The topological polar surface area (TPSA) is 61.3 Å². The zero-order valence-electron chi connectivity index (χ0n) is 14.0. The molecule has 5 nitrogen and oxygen atoms in total. The normalized spacial score (nSPS) is 10.4. The maximum Gasteiger partial charge on any atom is 0.128 e. The Morgan fingerprint density at radius 3 is 2.56 bits per heavy atom. The summed E-state index contributed by atoms with van der Waals surface area (Å²) in [5, 5.41) is 12.8. The first-order valence-corrected chi connectivity index (χ1v) is 8.34. The lowest BCUT2D eigenvalue weighted by molar-refractivity contribution is 0.282. The number of benzene rings is 1. The van der Waals surface area contributed by atoms with E-state index in [-0.39, 0.29) is 6.61 Å². The average molecular weight is 334 g/mol. The van der Waals surface area contributed by atoms with Crippen molar-refractivity contribution in [1.82, 2.24) is 9.97 Å². The van der Waals surface area contributed by atoms with E-state index in [1.807, 2.05) is 36.5 Å². The van der Waals surface area contributed by atoms with Gasteiger partial charge in [-0.15, -0.1) is 0 Å². The van der Waals surface area contributed by atoms with E-state index in [2.05, 4.69) is 44.5 Å². The Labute approximate surface area is 148 Å². The van der Waals surface area contributed by atoms with Gasteiger partial charge in [-0.2, -0.15) is 0 Å². The summed E-state index contributed by atoms with van der Waals surface area (Å²) in [7, 11) is 0. The molecule has 0 spiro atoms. The third-order valence-electron chi connectivity index (χ3n) is 3.96. The van der Waals surface area contributed by atoms with E-state index in [1.165, 1.54) is 5.56 Å². The van der Waals surface area contributed by atoms with Crippen molar-refractivity contribution in [2.45, 2.75) is 13.2 Å². The fourth-order valence-corrected chi connectivity index (χ4v) is 2.67. The molecular weight excluding hydrogens is 312 g/mol. The van der Waals surface area contributed by atoms with Crippen LogP contribution in [0.4, 0.5) is 11.5 Å². The van der Waals surface area contributed by atoms with Crippen LogP contribution in [-0.2, 0) is 13.2 Å². The van der Waals surface area contributed by atoms with Crippen LogP contribution >= 0.6 is 0 Å². The Kier molecular flexibility index (Phi) is 5.96. The first-order valence-electron chi connectivity index (χ1n) is 8.34. The number of aromatic nitrogens is 2. The number of rotatable bonds is 8. The van der Waals surface area contributed by atoms with Crippen molar-refractivity contribution in [2.75, 3.05) is 23.3 Å². The second-order valence-electron chi connectivity index (χ2n) is 5.71. The van der Waals surface area contributed by atoms with Crippen molar-refractivity contribution in [3.8, 4) is 0 Å². The number of nitrogens with zero attached hydrogens (tertiary/aromatic N) is 3. The molecular formula is C20H22N4O. The Hall–Kier alpha value is -2.92. The molecule has 1 aromatic carbocycles. The van der Waals surface area contributed by atoms with Gasteiger partial charge in [0.1, 0.15) is 5.82 Å². The summed E-state index contributed by atoms with van der Waals surface area (Å²) in [6.45, 7) is 2.30. The van der Waals surface area contributed by atoms with Gasteiger partial charge in [-0.05, 0) is 23.8 Å². The summed E-state index contributed by atoms with van der Waals surface area (Å²) < 4.78 is 0. The standard InChI is InChI=1S/C20H22N4O/c25-16-18-14-21-11-9-19(18)22-12-13-24(20-8-4-5-10-23-20)15-17-6-2-1-3-7-17/h1-11,14,25H,12-13,15-16H2,(H,21,22). The molecule has 3 rings (SSSR count). The molecule has 0 aliphatic heterocycles. The number of hydrogen-bond donors (Lipinski definition) is 2. The lowest BCUT2D eigenvalue weighted by Gasteiger charge is -2.24. The van der Waals surface area contributed by atoms with Crippen LogP contribution in [0.2, 0.25) is 0 Å². The van der Waals surface area contributed by atoms with Crippen molar-refractivity contribution in [3.63, 3.8) is 0 Å². The molecule has 128 valence electrons. The van der Waals surface area contributed by atoms with Gasteiger partial charge in [-0.3, -0.25) is 4.98 Å². The van der Waals surface area contributed by atoms with Gasteiger partial charge in [0.25, 0.3) is 0 Å². The molecule has 2 aromatic heterocycles. The largest absolute Gasteiger partial charge is 0.392 e. The fourth-order valence-electron chi connectivity index (χ4n) is 2.67. The first kappa shape index (κ1) is 16.9. The summed E-state index contributed by atoms with van der Waals surface area (Å²) in [6.07, 6.45) is 5.22. The summed E-state index contributed by atoms with van der Waals surface area (Å²) >= 11 is 0. The third kappa shape index (κ3) is 4.78. The Morgan fingerprint density at radius 1 is 0.960 bits per heavy atom. The average Bonchev–Trinajstić information content (AvgIpc) is 2.69. The maximum absolute atomic E-state index is 9.40. The number of anilines is 2. The van der Waals surface area contributed by atoms with Gasteiger partial charge in [0.2, 0.25) is 0 Å². The van der Waals surface area contributed by atoms with Gasteiger partial charge < -0.3 is 15.3 Å². The van der Waals surface area contributed by atoms with Crippen molar-refractivity contribution in [3.05, 3.63) is 84.3 Å². The molecule has 25 heavy (non-hydrogen) atoms. The van der Waals surface area contributed by atoms with Crippen molar-refractivity contribution in [2.24, 2.45) is 0 Å². The molecule has 0 atom stereocenters. The number of hydrogen-bond acceptors (Lipinski definition) is 5. The van der Waals surface area contributed by atoms with Gasteiger partial charge in [0.15, 0.2) is 0 Å². The summed E-state index contributed by atoms with van der Waals surface area (Å²) in [5.41, 5.74) is 2.96. The van der Waals surface area contributed by atoms with Gasteiger partial charge in [-0.1, -0.05) is 36.4 Å². The van der Waals surface area contributed by atoms with Crippen LogP contribution in [0.25, 0.3) is 0 Å². The van der Waals surface area contributed by atoms with Crippen molar-refractivity contribution < 1.29 is 5.11 Å². The van der Waals surface area contributed by atoms with Gasteiger partial charge >= 0.3 is 0 Å². The van der Waals surface area contributed by atoms with E-state index < -0.39 is 0 Å². The molecule has 0 amide bonds. The van der Waals surface area contributed by atoms with Crippen LogP contribution < -0.4 is 10.2 Å². The summed E-state index contributed by atoms with van der Waals surface area (Å²) in [6, 6.07) is 18.2. The highest BCUT2D eigenvalue weighted by molar-refractivity contribution is 5.49. The van der Waals surface area contributed by atoms with E-state index in [4.69, 9.17) is 0 Å². The summed E-state index contributed by atoms with van der Waals surface area (Å²) in [5.74, 6) is 0.949. The minimum atomic E-state index is -0.0237. The molecule has 2 N–H and O–H groups in total. The van der Waals surface area contributed by atoms with Crippen LogP contribution in [0.5, 0.6) is 0 Å². The Bertz CT molecular complexity index is 765. The van der Waals surface area contributed by atoms with Gasteiger partial charge in [0, 0.05) is 49.5 Å². The summed E-state index contributed by atoms with van der Waals surface area (Å²) in [4.78, 5) is 10.8. The number of aliphatic hydroxyl groups excluding tert-OH is 1. The van der Waals surface area contributed by atoms with E-state index in [1.54, 1.807) is 12.4 Å². The molecule has 0 bridgehead atoms. The van der Waals surface area contributed by atoms with Crippen LogP contribution in [-0.4, -0.2) is 28.2 Å². The van der Waals surface area contributed by atoms with Crippen LogP contribution in [0.15, 0.2) is 73.2 Å². The van der Waals surface area contributed by atoms with E-state index in [0.29, 0.717) is 0 Å². The molecule has 5 heteroatoms. The molecule has 3 aromatic rings. The molecule has 0 aliphatic carbocycles. The first-order chi connectivity index (χ1) is 12.4. The van der Waals surface area contributed by atoms with E-state index in [0.717, 1.165) is 36.7 Å². The Balaban J connectivity index is 1.67. The highest BCUT2D eigenvalue weighted by Gasteiger charge is 2.09. The number of aliphatic hydroxyl groups is 1. The zero-order valence-corrected chi connectivity index (χ0v) is 14.0. The zero-order chi connectivity index (χ0) is 17.3. The lowest BCUT2D eigenvalue weighted by atomic mass is 10.2. The second-order valence-corrected chi connectivity index (χ2v) is 5.71. The van der Waals surface area contributed by atoms with Crippen LogP contribution in [0, 0.1) is 0 Å². The van der Waals surface area contributed by atoms with Crippen molar-refractivity contribution >= 4 is 11.5 Å². The molecule has 0 radical (unpaired) electrons. The lowest BCUT2D eigenvalue weighted by Crippen LogP contribution is -2.29. The number of pyridine rings is 2. The monoisotopic (exact) mass is 334 g/mol. The number of nitrogens with one attached hydrogen (secondary N) is 1. The van der Waals surface area contributed by atoms with Gasteiger partial charge in [0.05, 0.1) is 6.61 Å². The minimum Gasteiger partial charge on any atom is -0.392 e. The predicted octanol–water partition coefficient (Wildman–Crippen LogP) is 3.09. The highest BCUT2D eigenvalue weighted by atomic mass is 16.3. The predicted molar refractivity (Wildman–Crippen MR) is 100 cm³/mol. The molecule has 0 saturated heterocycles. The van der Waals surface area contributed by atoms with Crippen LogP contribution in [0.1, 0.15) is 11.1 Å². The Morgan fingerprint density at radius 2 is 1.80 bits per heavy atom. The molecule has 0 fully saturated rings. The third-order valence-corrected chi connectivity index (χ3v) is 3.96. The fraction of sp³-hybridized carbons (Fsp3) is 0.200. The molecule has 2 heterocycles. The van der Waals surface area contributed by atoms with Gasteiger partial charge in [-0.25, -0.2) is 4.98 Å². The van der Waals surface area contributed by atoms with E-state index >= 15 is 0 Å². The molecule has 0 saturated carbocycles. The van der Waals surface area contributed by atoms with Crippen molar-refractivity contribution in [1.29, 1.82) is 0 Å². The smallest absolute Gasteiger partial charge is 0.128 e. The highest BCUT2D eigenvalue weighted by Crippen LogP contribution is 2.15. The SMILES string of the molecule is OCc1cnccc1NCCN(Cc1ccccc1)c1ccccn1. The van der Waals surface area contributed by atoms with Crippen LogP contribution in [0.3, 0.4) is 0 Å². The minimum absolute atomic E-state index is 0.0237. The quantitative estimate of drug-likeness (QED) is 0.663.